The molecular weight excluding hydrogens is 192 g/mol. The van der Waals surface area contributed by atoms with Crippen molar-refractivity contribution >= 4 is 0 Å². The maximum Gasteiger partial charge on any atom is 0.179 e. The van der Waals surface area contributed by atoms with Crippen LogP contribution in [-0.4, -0.2) is 21.4 Å². The molecule has 1 aromatic heterocycles. The van der Waals surface area contributed by atoms with Gasteiger partial charge < -0.3 is 10.5 Å². The lowest BCUT2D eigenvalue weighted by Crippen LogP contribution is -2.25. The lowest BCUT2D eigenvalue weighted by atomic mass is 10.1. The standard InChI is InChI=1S/C10H16N4O/c11-8-4-1-5-9-12-10(13-14(8)9)7-3-2-6-15-7/h7-8H,1-6,11H2. The second-order valence-corrected chi connectivity index (χ2v) is 4.29. The van der Waals surface area contributed by atoms with Crippen LogP contribution < -0.4 is 5.73 Å². The second kappa shape index (κ2) is 3.57. The zero-order valence-electron chi connectivity index (χ0n) is 8.72. The monoisotopic (exact) mass is 208 g/mol. The summed E-state index contributed by atoms with van der Waals surface area (Å²) >= 11 is 0. The Bertz CT molecular complexity index is 356. The molecule has 1 aromatic rings. The number of aromatic nitrogens is 3. The van der Waals surface area contributed by atoms with Crippen molar-refractivity contribution in [2.24, 2.45) is 5.73 Å². The maximum atomic E-state index is 5.98. The topological polar surface area (TPSA) is 66.0 Å². The fourth-order valence-electron chi connectivity index (χ4n) is 2.32. The number of nitrogens with two attached hydrogens (primary N) is 1. The molecule has 0 aliphatic carbocycles. The quantitative estimate of drug-likeness (QED) is 0.745. The highest BCUT2D eigenvalue weighted by molar-refractivity contribution is 5.01. The van der Waals surface area contributed by atoms with Crippen LogP contribution in [0.1, 0.15) is 49.6 Å². The Kier molecular flexibility index (Phi) is 2.21. The van der Waals surface area contributed by atoms with Crippen LogP contribution in [0.25, 0.3) is 0 Å². The number of nitrogens with zero attached hydrogens (tertiary/aromatic N) is 3. The van der Waals surface area contributed by atoms with Gasteiger partial charge in [-0.25, -0.2) is 9.67 Å². The Morgan fingerprint density at radius 2 is 2.27 bits per heavy atom. The first-order valence-electron chi connectivity index (χ1n) is 5.67. The number of ether oxygens (including phenoxy) is 1. The van der Waals surface area contributed by atoms with E-state index in [4.69, 9.17) is 10.5 Å². The van der Waals surface area contributed by atoms with E-state index in [1.165, 1.54) is 0 Å². The summed E-state index contributed by atoms with van der Waals surface area (Å²) in [5.41, 5.74) is 5.98. The molecule has 2 atom stereocenters. The Hall–Kier alpha value is -0.940. The molecule has 2 N–H and O–H groups in total. The van der Waals surface area contributed by atoms with Crippen molar-refractivity contribution in [3.8, 4) is 0 Å². The van der Waals surface area contributed by atoms with Crippen molar-refractivity contribution in [2.75, 3.05) is 6.61 Å². The molecule has 0 bridgehead atoms. The molecule has 5 nitrogen and oxygen atoms in total. The van der Waals surface area contributed by atoms with Crippen molar-refractivity contribution < 1.29 is 4.74 Å². The summed E-state index contributed by atoms with van der Waals surface area (Å²) in [6, 6.07) is 0. The second-order valence-electron chi connectivity index (χ2n) is 4.29. The highest BCUT2D eigenvalue weighted by atomic mass is 16.5. The summed E-state index contributed by atoms with van der Waals surface area (Å²) in [7, 11) is 0. The highest BCUT2D eigenvalue weighted by Gasteiger charge is 2.26. The molecular formula is C10H16N4O. The SMILES string of the molecule is NC1CCCc2nc(C3CCCO3)nn21. The molecule has 2 aliphatic heterocycles. The molecule has 0 spiro atoms. The predicted molar refractivity (Wildman–Crippen MR) is 54.1 cm³/mol. The average molecular weight is 208 g/mol. The first-order chi connectivity index (χ1) is 7.34. The number of hydrogen-bond donors (Lipinski definition) is 1. The largest absolute Gasteiger partial charge is 0.370 e. The van der Waals surface area contributed by atoms with Crippen LogP contribution >= 0.6 is 0 Å². The van der Waals surface area contributed by atoms with Gasteiger partial charge in [-0.1, -0.05) is 0 Å². The van der Waals surface area contributed by atoms with Crippen molar-refractivity contribution in [3.05, 3.63) is 11.6 Å². The van der Waals surface area contributed by atoms with E-state index in [1.54, 1.807) is 0 Å². The lowest BCUT2D eigenvalue weighted by Gasteiger charge is -2.18. The molecule has 0 aromatic carbocycles. The smallest absolute Gasteiger partial charge is 0.179 e. The summed E-state index contributed by atoms with van der Waals surface area (Å²) in [6.07, 6.45) is 5.38. The molecule has 2 unspecified atom stereocenters. The Labute approximate surface area is 88.6 Å². The van der Waals surface area contributed by atoms with Crippen molar-refractivity contribution in [2.45, 2.75) is 44.4 Å². The third-order valence-corrected chi connectivity index (χ3v) is 3.15. The average Bonchev–Trinajstić information content (AvgIpc) is 2.86. The minimum absolute atomic E-state index is 0.0106. The van der Waals surface area contributed by atoms with E-state index in [0.717, 1.165) is 50.4 Å². The third kappa shape index (κ3) is 1.55. The molecule has 82 valence electrons. The summed E-state index contributed by atoms with van der Waals surface area (Å²) < 4.78 is 7.45. The van der Waals surface area contributed by atoms with Gasteiger partial charge in [-0.2, -0.15) is 5.10 Å². The molecule has 0 radical (unpaired) electrons. The number of aryl methyl sites for hydroxylation is 1. The van der Waals surface area contributed by atoms with Crippen LogP contribution in [0.2, 0.25) is 0 Å². The van der Waals surface area contributed by atoms with E-state index in [0.29, 0.717) is 0 Å². The van der Waals surface area contributed by atoms with E-state index in [2.05, 4.69) is 10.1 Å². The molecule has 3 heterocycles. The van der Waals surface area contributed by atoms with Crippen LogP contribution in [0.5, 0.6) is 0 Å². The first kappa shape index (κ1) is 9.30. The van der Waals surface area contributed by atoms with Gasteiger partial charge in [0.15, 0.2) is 5.82 Å². The molecule has 2 aliphatic rings. The van der Waals surface area contributed by atoms with Gasteiger partial charge in [0.1, 0.15) is 18.1 Å². The Morgan fingerprint density at radius 1 is 1.33 bits per heavy atom. The maximum absolute atomic E-state index is 5.98. The third-order valence-electron chi connectivity index (χ3n) is 3.15. The van der Waals surface area contributed by atoms with Crippen LogP contribution in [0.3, 0.4) is 0 Å². The summed E-state index contributed by atoms with van der Waals surface area (Å²) in [5, 5.41) is 4.47. The minimum Gasteiger partial charge on any atom is -0.370 e. The number of fused-ring (bicyclic) bond motifs is 1. The van der Waals surface area contributed by atoms with E-state index in [-0.39, 0.29) is 12.3 Å². The van der Waals surface area contributed by atoms with E-state index in [1.807, 2.05) is 4.68 Å². The lowest BCUT2D eigenvalue weighted by molar-refractivity contribution is 0.104. The number of rotatable bonds is 1. The van der Waals surface area contributed by atoms with E-state index in [9.17, 15) is 0 Å². The van der Waals surface area contributed by atoms with Gasteiger partial charge in [0.05, 0.1) is 0 Å². The van der Waals surface area contributed by atoms with Crippen molar-refractivity contribution in [1.29, 1.82) is 0 Å². The van der Waals surface area contributed by atoms with Crippen LogP contribution in [-0.2, 0) is 11.2 Å². The van der Waals surface area contributed by atoms with Gasteiger partial charge in [0.2, 0.25) is 0 Å². The van der Waals surface area contributed by atoms with E-state index < -0.39 is 0 Å². The molecule has 1 fully saturated rings. The number of hydrogen-bond acceptors (Lipinski definition) is 4. The summed E-state index contributed by atoms with van der Waals surface area (Å²) in [6.45, 7) is 0.834. The summed E-state index contributed by atoms with van der Waals surface area (Å²) in [5.74, 6) is 1.86. The zero-order valence-corrected chi connectivity index (χ0v) is 8.72. The Balaban J connectivity index is 1.90. The van der Waals surface area contributed by atoms with Crippen molar-refractivity contribution in [1.82, 2.24) is 14.8 Å². The van der Waals surface area contributed by atoms with Crippen LogP contribution in [0, 0.1) is 0 Å². The van der Waals surface area contributed by atoms with Gasteiger partial charge in [0.25, 0.3) is 0 Å². The first-order valence-corrected chi connectivity index (χ1v) is 5.67. The highest BCUT2D eigenvalue weighted by Crippen LogP contribution is 2.28. The van der Waals surface area contributed by atoms with Gasteiger partial charge >= 0.3 is 0 Å². The normalized spacial score (nSPS) is 30.5. The Morgan fingerprint density at radius 3 is 3.00 bits per heavy atom. The van der Waals surface area contributed by atoms with Gasteiger partial charge in [-0.05, 0) is 25.7 Å². The van der Waals surface area contributed by atoms with Crippen molar-refractivity contribution in [3.63, 3.8) is 0 Å². The molecule has 1 saturated heterocycles. The molecule has 3 rings (SSSR count). The summed E-state index contributed by atoms with van der Waals surface area (Å²) in [4.78, 5) is 4.53. The fourth-order valence-corrected chi connectivity index (χ4v) is 2.32. The van der Waals surface area contributed by atoms with E-state index >= 15 is 0 Å². The van der Waals surface area contributed by atoms with Crippen LogP contribution in [0.15, 0.2) is 0 Å². The zero-order chi connectivity index (χ0) is 10.3. The van der Waals surface area contributed by atoms with Gasteiger partial charge in [-0.3, -0.25) is 0 Å². The fraction of sp³-hybridized carbons (Fsp3) is 0.800. The molecule has 5 heteroatoms. The van der Waals surface area contributed by atoms with Gasteiger partial charge in [0, 0.05) is 13.0 Å². The predicted octanol–water partition coefficient (Wildman–Crippen LogP) is 0.923. The molecule has 15 heavy (non-hydrogen) atoms. The molecule has 0 amide bonds. The van der Waals surface area contributed by atoms with Crippen LogP contribution in [0.4, 0.5) is 0 Å². The molecule has 0 saturated carbocycles. The minimum atomic E-state index is 0.0106. The van der Waals surface area contributed by atoms with Gasteiger partial charge in [-0.15, -0.1) is 0 Å².